The molecule has 0 spiro atoms. The van der Waals surface area contributed by atoms with Gasteiger partial charge in [0.1, 0.15) is 0 Å². The maximum Gasteiger partial charge on any atom is 0.298 e. The lowest BCUT2D eigenvalue weighted by Crippen LogP contribution is -2.27. The molecular weight excluding hydrogens is 250 g/mol. The SMILES string of the molecule is CCN(CC)c1ccc(C)c(NS(=O)(=O)NC)c1. The van der Waals surface area contributed by atoms with E-state index in [0.717, 1.165) is 24.3 Å². The molecule has 0 amide bonds. The van der Waals surface area contributed by atoms with Crippen molar-refractivity contribution in [3.63, 3.8) is 0 Å². The summed E-state index contributed by atoms with van der Waals surface area (Å²) in [5.74, 6) is 0. The number of rotatable bonds is 6. The van der Waals surface area contributed by atoms with Crippen LogP contribution in [-0.2, 0) is 10.2 Å². The van der Waals surface area contributed by atoms with Crippen LogP contribution in [0.3, 0.4) is 0 Å². The molecule has 1 rings (SSSR count). The predicted molar refractivity (Wildman–Crippen MR) is 76.3 cm³/mol. The van der Waals surface area contributed by atoms with Gasteiger partial charge in [0.2, 0.25) is 0 Å². The van der Waals surface area contributed by atoms with Gasteiger partial charge >= 0.3 is 0 Å². The Labute approximate surface area is 109 Å². The Bertz CT molecular complexity index is 496. The average Bonchev–Trinajstić information content (AvgIpc) is 2.34. The minimum Gasteiger partial charge on any atom is -0.372 e. The first-order chi connectivity index (χ1) is 8.43. The zero-order chi connectivity index (χ0) is 13.8. The van der Waals surface area contributed by atoms with Gasteiger partial charge in [0.15, 0.2) is 0 Å². The Balaban J connectivity index is 3.09. The molecule has 18 heavy (non-hydrogen) atoms. The van der Waals surface area contributed by atoms with Crippen LogP contribution in [0.5, 0.6) is 0 Å². The van der Waals surface area contributed by atoms with Gasteiger partial charge in [-0.25, -0.2) is 4.72 Å². The van der Waals surface area contributed by atoms with Gasteiger partial charge in [-0.2, -0.15) is 8.42 Å². The lowest BCUT2D eigenvalue weighted by atomic mass is 10.1. The Morgan fingerprint density at radius 1 is 1.22 bits per heavy atom. The molecule has 5 nitrogen and oxygen atoms in total. The van der Waals surface area contributed by atoms with Gasteiger partial charge in [-0.1, -0.05) is 6.07 Å². The lowest BCUT2D eigenvalue weighted by molar-refractivity contribution is 0.593. The van der Waals surface area contributed by atoms with Crippen LogP contribution >= 0.6 is 0 Å². The molecule has 6 heteroatoms. The van der Waals surface area contributed by atoms with E-state index in [1.165, 1.54) is 7.05 Å². The van der Waals surface area contributed by atoms with Gasteiger partial charge in [-0.05, 0) is 38.5 Å². The first-order valence-electron chi connectivity index (χ1n) is 6.00. The molecule has 0 heterocycles. The van der Waals surface area contributed by atoms with Crippen molar-refractivity contribution in [2.45, 2.75) is 20.8 Å². The van der Waals surface area contributed by atoms with Crippen LogP contribution < -0.4 is 14.3 Å². The van der Waals surface area contributed by atoms with E-state index in [-0.39, 0.29) is 0 Å². The summed E-state index contributed by atoms with van der Waals surface area (Å²) in [7, 11) is -2.09. The van der Waals surface area contributed by atoms with E-state index in [1.54, 1.807) is 0 Å². The van der Waals surface area contributed by atoms with Crippen molar-refractivity contribution in [2.75, 3.05) is 29.8 Å². The van der Waals surface area contributed by atoms with Crippen molar-refractivity contribution in [3.8, 4) is 0 Å². The topological polar surface area (TPSA) is 61.4 Å². The molecule has 0 bridgehead atoms. The van der Waals surface area contributed by atoms with Crippen LogP contribution in [-0.4, -0.2) is 28.6 Å². The molecule has 0 radical (unpaired) electrons. The van der Waals surface area contributed by atoms with Crippen LogP contribution in [0, 0.1) is 6.92 Å². The van der Waals surface area contributed by atoms with Gasteiger partial charge in [-0.3, -0.25) is 4.72 Å². The Morgan fingerprint density at radius 2 is 1.83 bits per heavy atom. The van der Waals surface area contributed by atoms with Crippen molar-refractivity contribution in [2.24, 2.45) is 0 Å². The number of nitrogens with one attached hydrogen (secondary N) is 2. The van der Waals surface area contributed by atoms with Crippen molar-refractivity contribution in [3.05, 3.63) is 23.8 Å². The Hall–Kier alpha value is -1.27. The summed E-state index contributed by atoms with van der Waals surface area (Å²) in [5.41, 5.74) is 2.51. The van der Waals surface area contributed by atoms with E-state index in [4.69, 9.17) is 0 Å². The fraction of sp³-hybridized carbons (Fsp3) is 0.500. The van der Waals surface area contributed by atoms with Crippen LogP contribution in [0.1, 0.15) is 19.4 Å². The molecule has 0 saturated carbocycles. The van der Waals surface area contributed by atoms with Crippen molar-refractivity contribution in [1.29, 1.82) is 0 Å². The largest absolute Gasteiger partial charge is 0.372 e. The maximum absolute atomic E-state index is 11.5. The number of hydrogen-bond donors (Lipinski definition) is 2. The highest BCUT2D eigenvalue weighted by molar-refractivity contribution is 7.90. The van der Waals surface area contributed by atoms with Gasteiger partial charge in [0.25, 0.3) is 10.2 Å². The van der Waals surface area contributed by atoms with Gasteiger partial charge in [-0.15, -0.1) is 0 Å². The summed E-state index contributed by atoms with van der Waals surface area (Å²) in [4.78, 5) is 2.16. The highest BCUT2D eigenvalue weighted by atomic mass is 32.2. The molecule has 0 atom stereocenters. The van der Waals surface area contributed by atoms with Crippen LogP contribution in [0.25, 0.3) is 0 Å². The molecule has 0 fully saturated rings. The molecule has 0 aliphatic rings. The molecule has 0 saturated heterocycles. The monoisotopic (exact) mass is 271 g/mol. The standard InChI is InChI=1S/C12H21N3O2S/c1-5-15(6-2)11-8-7-10(3)12(9-11)14-18(16,17)13-4/h7-9,13-14H,5-6H2,1-4H3. The smallest absolute Gasteiger partial charge is 0.298 e. The summed E-state index contributed by atoms with van der Waals surface area (Å²) >= 11 is 0. The van der Waals surface area contributed by atoms with E-state index in [1.807, 2.05) is 25.1 Å². The lowest BCUT2D eigenvalue weighted by Gasteiger charge is -2.22. The average molecular weight is 271 g/mol. The molecule has 0 aromatic heterocycles. The fourth-order valence-corrected chi connectivity index (χ4v) is 2.31. The third-order valence-electron chi connectivity index (χ3n) is 2.86. The van der Waals surface area contributed by atoms with Gasteiger partial charge in [0.05, 0.1) is 5.69 Å². The number of anilines is 2. The van der Waals surface area contributed by atoms with E-state index in [9.17, 15) is 8.42 Å². The van der Waals surface area contributed by atoms with Crippen molar-refractivity contribution in [1.82, 2.24) is 4.72 Å². The summed E-state index contributed by atoms with van der Waals surface area (Å²) in [6, 6.07) is 5.78. The minimum atomic E-state index is -3.47. The Morgan fingerprint density at radius 3 is 2.33 bits per heavy atom. The molecule has 2 N–H and O–H groups in total. The summed E-state index contributed by atoms with van der Waals surface area (Å²) < 4.78 is 27.8. The zero-order valence-electron chi connectivity index (χ0n) is 11.3. The molecule has 1 aromatic carbocycles. The summed E-state index contributed by atoms with van der Waals surface area (Å²) in [6.07, 6.45) is 0. The second kappa shape index (κ2) is 6.06. The molecule has 1 aromatic rings. The summed E-state index contributed by atoms with van der Waals surface area (Å²) in [5, 5.41) is 0. The second-order valence-electron chi connectivity index (χ2n) is 3.98. The molecule has 102 valence electrons. The highest BCUT2D eigenvalue weighted by Gasteiger charge is 2.10. The third kappa shape index (κ3) is 3.61. The van der Waals surface area contributed by atoms with Gasteiger partial charge < -0.3 is 4.90 Å². The zero-order valence-corrected chi connectivity index (χ0v) is 12.1. The first kappa shape index (κ1) is 14.8. The fourth-order valence-electron chi connectivity index (χ4n) is 1.70. The second-order valence-corrected chi connectivity index (χ2v) is 5.60. The van der Waals surface area contributed by atoms with Crippen molar-refractivity contribution < 1.29 is 8.42 Å². The van der Waals surface area contributed by atoms with E-state index >= 15 is 0 Å². The number of benzene rings is 1. The molecule has 0 unspecified atom stereocenters. The van der Waals surface area contributed by atoms with E-state index < -0.39 is 10.2 Å². The quantitative estimate of drug-likeness (QED) is 0.828. The van der Waals surface area contributed by atoms with Gasteiger partial charge in [0, 0.05) is 25.8 Å². The number of aryl methyl sites for hydroxylation is 1. The molecule has 0 aliphatic heterocycles. The minimum absolute atomic E-state index is 0.605. The van der Waals surface area contributed by atoms with E-state index in [0.29, 0.717) is 5.69 Å². The maximum atomic E-state index is 11.5. The van der Waals surface area contributed by atoms with Crippen LogP contribution in [0.2, 0.25) is 0 Å². The van der Waals surface area contributed by atoms with E-state index in [2.05, 4.69) is 28.2 Å². The van der Waals surface area contributed by atoms with Crippen LogP contribution in [0.4, 0.5) is 11.4 Å². The first-order valence-corrected chi connectivity index (χ1v) is 7.48. The number of nitrogens with zero attached hydrogens (tertiary/aromatic N) is 1. The predicted octanol–water partition coefficient (Wildman–Crippen LogP) is 1.72. The highest BCUT2D eigenvalue weighted by Crippen LogP contribution is 2.23. The molecule has 0 aliphatic carbocycles. The summed E-state index contributed by atoms with van der Waals surface area (Å²) in [6.45, 7) is 7.79. The van der Waals surface area contributed by atoms with Crippen molar-refractivity contribution >= 4 is 21.6 Å². The normalized spacial score (nSPS) is 11.3. The third-order valence-corrected chi connectivity index (χ3v) is 3.89. The number of hydrogen-bond acceptors (Lipinski definition) is 3. The molecular formula is C12H21N3O2S. The Kier molecular flexibility index (Phi) is 4.98. The van der Waals surface area contributed by atoms with Crippen LogP contribution in [0.15, 0.2) is 18.2 Å².